The van der Waals surface area contributed by atoms with Gasteiger partial charge < -0.3 is 0 Å². The monoisotopic (exact) mass is 373 g/mol. The minimum absolute atomic E-state index is 0.00598. The van der Waals surface area contributed by atoms with Crippen LogP contribution in [0.1, 0.15) is 20.8 Å². The standard InChI is InChI=1S/C17H12ClN3O3S/c1-10-2-7-13-14(8-10)25-16(15(13)18)17(22)20-19-9-11-3-5-12(6-4-11)21(23)24/h2-9H,1H3,(H,20,22). The number of nitrogens with zero attached hydrogens (tertiary/aromatic N) is 2. The van der Waals surface area contributed by atoms with Gasteiger partial charge in [-0.1, -0.05) is 23.7 Å². The quantitative estimate of drug-likeness (QED) is 0.414. The second-order valence-electron chi connectivity index (χ2n) is 5.29. The fraction of sp³-hybridized carbons (Fsp3) is 0.0588. The van der Waals surface area contributed by atoms with Crippen LogP contribution in [0.25, 0.3) is 10.1 Å². The molecule has 1 N–H and O–H groups in total. The van der Waals surface area contributed by atoms with Crippen molar-refractivity contribution in [1.82, 2.24) is 5.43 Å². The van der Waals surface area contributed by atoms with E-state index in [1.165, 1.54) is 29.7 Å². The molecule has 0 aliphatic heterocycles. The Morgan fingerprint density at radius 3 is 2.68 bits per heavy atom. The van der Waals surface area contributed by atoms with Crippen LogP contribution in [0.5, 0.6) is 0 Å². The number of halogens is 1. The van der Waals surface area contributed by atoms with Gasteiger partial charge in [0.05, 0.1) is 16.2 Å². The summed E-state index contributed by atoms with van der Waals surface area (Å²) in [5.74, 6) is -0.401. The molecule has 0 aliphatic rings. The number of hydrazone groups is 1. The number of hydrogen-bond acceptors (Lipinski definition) is 5. The van der Waals surface area contributed by atoms with Crippen molar-refractivity contribution < 1.29 is 9.72 Å². The molecule has 126 valence electrons. The van der Waals surface area contributed by atoms with Crippen LogP contribution < -0.4 is 5.43 Å². The topological polar surface area (TPSA) is 84.6 Å². The summed E-state index contributed by atoms with van der Waals surface area (Å²) >= 11 is 7.59. The molecule has 0 saturated carbocycles. The first kappa shape index (κ1) is 17.1. The van der Waals surface area contributed by atoms with Crippen LogP contribution in [0.15, 0.2) is 47.6 Å². The number of hydrogen-bond donors (Lipinski definition) is 1. The molecule has 0 bridgehead atoms. The summed E-state index contributed by atoms with van der Waals surface area (Å²) in [5.41, 5.74) is 4.14. The Bertz CT molecular complexity index is 996. The van der Waals surface area contributed by atoms with Crippen LogP contribution in [-0.2, 0) is 0 Å². The Labute approximate surface area is 151 Å². The number of non-ortho nitro benzene ring substituents is 1. The average molecular weight is 374 g/mol. The Kier molecular flexibility index (Phi) is 4.78. The van der Waals surface area contributed by atoms with Gasteiger partial charge in [0.25, 0.3) is 11.6 Å². The van der Waals surface area contributed by atoms with Gasteiger partial charge in [-0.25, -0.2) is 5.43 Å². The van der Waals surface area contributed by atoms with Crippen molar-refractivity contribution in [2.45, 2.75) is 6.92 Å². The van der Waals surface area contributed by atoms with E-state index in [4.69, 9.17) is 11.6 Å². The minimum Gasteiger partial charge on any atom is -0.266 e. The summed E-state index contributed by atoms with van der Waals surface area (Å²) in [6.45, 7) is 1.97. The highest BCUT2D eigenvalue weighted by Crippen LogP contribution is 2.35. The van der Waals surface area contributed by atoms with Crippen LogP contribution in [0.4, 0.5) is 5.69 Å². The third kappa shape index (κ3) is 3.67. The Hall–Kier alpha value is -2.77. The minimum atomic E-state index is -0.478. The van der Waals surface area contributed by atoms with E-state index in [0.717, 1.165) is 15.6 Å². The van der Waals surface area contributed by atoms with Crippen LogP contribution in [0, 0.1) is 17.0 Å². The van der Waals surface area contributed by atoms with Crippen molar-refractivity contribution in [2.24, 2.45) is 5.10 Å². The number of benzene rings is 2. The van der Waals surface area contributed by atoms with Crippen molar-refractivity contribution >= 4 is 50.8 Å². The molecule has 0 aliphatic carbocycles. The Morgan fingerprint density at radius 1 is 1.28 bits per heavy atom. The van der Waals surface area contributed by atoms with Gasteiger partial charge in [-0.05, 0) is 36.2 Å². The maximum Gasteiger partial charge on any atom is 0.283 e. The Balaban J connectivity index is 1.74. The van der Waals surface area contributed by atoms with Crippen molar-refractivity contribution in [3.63, 3.8) is 0 Å². The third-order valence-corrected chi connectivity index (χ3v) is 5.13. The molecule has 3 rings (SSSR count). The molecule has 0 saturated heterocycles. The van der Waals surface area contributed by atoms with Gasteiger partial charge in [-0.2, -0.15) is 5.10 Å². The molecule has 3 aromatic rings. The van der Waals surface area contributed by atoms with Gasteiger partial charge in [-0.15, -0.1) is 11.3 Å². The number of nitro groups is 1. The molecule has 0 atom stereocenters. The number of thiophene rings is 1. The predicted octanol–water partition coefficient (Wildman–Crippen LogP) is 4.54. The smallest absolute Gasteiger partial charge is 0.266 e. The van der Waals surface area contributed by atoms with E-state index in [1.807, 2.05) is 25.1 Å². The van der Waals surface area contributed by atoms with Gasteiger partial charge in [0.1, 0.15) is 4.88 Å². The van der Waals surface area contributed by atoms with Gasteiger partial charge in [0.2, 0.25) is 0 Å². The lowest BCUT2D eigenvalue weighted by atomic mass is 10.2. The van der Waals surface area contributed by atoms with Gasteiger partial charge in [0.15, 0.2) is 0 Å². The van der Waals surface area contributed by atoms with Crippen LogP contribution in [0.2, 0.25) is 5.02 Å². The molecular weight excluding hydrogens is 362 g/mol. The highest BCUT2D eigenvalue weighted by Gasteiger charge is 2.16. The molecular formula is C17H12ClN3O3S. The summed E-state index contributed by atoms with van der Waals surface area (Å²) < 4.78 is 0.939. The summed E-state index contributed by atoms with van der Waals surface area (Å²) in [5, 5.41) is 15.7. The molecule has 0 fully saturated rings. The molecule has 0 unspecified atom stereocenters. The van der Waals surface area contributed by atoms with Crippen molar-refractivity contribution in [1.29, 1.82) is 0 Å². The highest BCUT2D eigenvalue weighted by molar-refractivity contribution is 7.21. The van der Waals surface area contributed by atoms with Crippen molar-refractivity contribution in [2.75, 3.05) is 0 Å². The summed E-state index contributed by atoms with van der Waals surface area (Å²) in [6.07, 6.45) is 1.41. The summed E-state index contributed by atoms with van der Waals surface area (Å²) in [6, 6.07) is 11.6. The number of nitrogens with one attached hydrogen (secondary N) is 1. The first-order chi connectivity index (χ1) is 12.0. The maximum atomic E-state index is 12.3. The Morgan fingerprint density at radius 2 is 2.00 bits per heavy atom. The lowest BCUT2D eigenvalue weighted by molar-refractivity contribution is -0.384. The van der Waals surface area contributed by atoms with E-state index in [-0.39, 0.29) is 5.69 Å². The molecule has 1 aromatic heterocycles. The second-order valence-corrected chi connectivity index (χ2v) is 6.72. The van der Waals surface area contributed by atoms with E-state index in [0.29, 0.717) is 15.5 Å². The van der Waals surface area contributed by atoms with E-state index in [9.17, 15) is 14.9 Å². The molecule has 1 amide bonds. The first-order valence-corrected chi connectivity index (χ1v) is 8.41. The SMILES string of the molecule is Cc1ccc2c(Cl)c(C(=O)NN=Cc3ccc([N+](=O)[O-])cc3)sc2c1. The van der Waals surface area contributed by atoms with E-state index in [2.05, 4.69) is 10.5 Å². The molecule has 8 heteroatoms. The van der Waals surface area contributed by atoms with Crippen LogP contribution in [-0.4, -0.2) is 17.0 Å². The molecule has 2 aromatic carbocycles. The average Bonchev–Trinajstić information content (AvgIpc) is 2.91. The zero-order chi connectivity index (χ0) is 18.0. The zero-order valence-electron chi connectivity index (χ0n) is 13.0. The number of aryl methyl sites for hydroxylation is 1. The second kappa shape index (κ2) is 7.00. The zero-order valence-corrected chi connectivity index (χ0v) is 14.6. The number of carbonyl (C=O) groups excluding carboxylic acids is 1. The largest absolute Gasteiger partial charge is 0.283 e. The fourth-order valence-electron chi connectivity index (χ4n) is 2.22. The van der Waals surface area contributed by atoms with Crippen LogP contribution >= 0.6 is 22.9 Å². The maximum absolute atomic E-state index is 12.3. The molecule has 0 radical (unpaired) electrons. The third-order valence-electron chi connectivity index (χ3n) is 3.47. The van der Waals surface area contributed by atoms with E-state index >= 15 is 0 Å². The first-order valence-electron chi connectivity index (χ1n) is 7.22. The molecule has 1 heterocycles. The summed E-state index contributed by atoms with van der Waals surface area (Å²) in [7, 11) is 0. The molecule has 6 nitrogen and oxygen atoms in total. The van der Waals surface area contributed by atoms with E-state index in [1.54, 1.807) is 12.1 Å². The highest BCUT2D eigenvalue weighted by atomic mass is 35.5. The fourth-order valence-corrected chi connectivity index (χ4v) is 3.72. The van der Waals surface area contributed by atoms with Gasteiger partial charge in [0, 0.05) is 22.2 Å². The summed E-state index contributed by atoms with van der Waals surface area (Å²) in [4.78, 5) is 22.8. The van der Waals surface area contributed by atoms with Gasteiger partial charge >= 0.3 is 0 Å². The lowest BCUT2D eigenvalue weighted by Gasteiger charge is -1.97. The predicted molar refractivity (Wildman–Crippen MR) is 99.7 cm³/mol. The molecule has 25 heavy (non-hydrogen) atoms. The van der Waals surface area contributed by atoms with Crippen molar-refractivity contribution in [3.05, 3.63) is 73.6 Å². The van der Waals surface area contributed by atoms with E-state index < -0.39 is 10.8 Å². The van der Waals surface area contributed by atoms with Crippen LogP contribution in [0.3, 0.4) is 0 Å². The number of carbonyl (C=O) groups is 1. The number of amides is 1. The number of nitro benzene ring substituents is 1. The molecule has 0 spiro atoms. The number of rotatable bonds is 4. The van der Waals surface area contributed by atoms with Crippen molar-refractivity contribution in [3.8, 4) is 0 Å². The normalized spacial score (nSPS) is 11.1. The van der Waals surface area contributed by atoms with Gasteiger partial charge in [-0.3, -0.25) is 14.9 Å². The lowest BCUT2D eigenvalue weighted by Crippen LogP contribution is -2.16. The number of fused-ring (bicyclic) bond motifs is 1.